The van der Waals surface area contributed by atoms with Crippen molar-refractivity contribution in [3.63, 3.8) is 0 Å². The van der Waals surface area contributed by atoms with E-state index in [0.717, 1.165) is 41.3 Å². The summed E-state index contributed by atoms with van der Waals surface area (Å²) < 4.78 is 39.7. The largest absolute Gasteiger partial charge is 0.489 e. The topological polar surface area (TPSA) is 93.9 Å². The van der Waals surface area contributed by atoms with Gasteiger partial charge in [-0.15, -0.1) is 0 Å². The lowest BCUT2D eigenvalue weighted by Gasteiger charge is -2.25. The van der Waals surface area contributed by atoms with Crippen LogP contribution in [0.2, 0.25) is 5.02 Å². The molecule has 0 saturated heterocycles. The number of ether oxygens (including phenoxy) is 2. The number of nitrogens with two attached hydrogens (primary N) is 1. The number of halogens is 3. The number of aryl methyl sites for hydroxylation is 1. The van der Waals surface area contributed by atoms with Gasteiger partial charge in [0.2, 0.25) is 0 Å². The van der Waals surface area contributed by atoms with Crippen molar-refractivity contribution >= 4 is 23.5 Å². The van der Waals surface area contributed by atoms with Crippen molar-refractivity contribution in [2.24, 2.45) is 5.73 Å². The molecule has 7 nitrogen and oxygen atoms in total. The second-order valence-electron chi connectivity index (χ2n) is 12.5. The number of hydrogen-bond donors (Lipinski definition) is 2. The van der Waals surface area contributed by atoms with Gasteiger partial charge in [-0.05, 0) is 116 Å². The summed E-state index contributed by atoms with van der Waals surface area (Å²) in [5.41, 5.74) is 10.3. The predicted molar refractivity (Wildman–Crippen MR) is 194 cm³/mol. The monoisotopic (exact) mass is 705 g/mol. The van der Waals surface area contributed by atoms with E-state index >= 15 is 0 Å². The third-order valence-electron chi connectivity index (χ3n) is 8.12. The van der Waals surface area contributed by atoms with E-state index in [-0.39, 0.29) is 24.4 Å². The Bertz CT molecular complexity index is 1690. The highest BCUT2D eigenvalue weighted by atomic mass is 35.5. The number of rotatable bonds is 18. The van der Waals surface area contributed by atoms with Crippen molar-refractivity contribution in [2.75, 3.05) is 26.2 Å². The third kappa shape index (κ3) is 11.9. The molecular weight excluding hydrogens is 660 g/mol. The van der Waals surface area contributed by atoms with Gasteiger partial charge in [0.25, 0.3) is 5.91 Å². The number of carbonyl (C=O) groups is 2. The summed E-state index contributed by atoms with van der Waals surface area (Å²) in [6.45, 7) is 8.23. The molecule has 0 spiro atoms. The van der Waals surface area contributed by atoms with Gasteiger partial charge in [0.1, 0.15) is 30.1 Å². The molecule has 266 valence electrons. The fourth-order valence-corrected chi connectivity index (χ4v) is 5.92. The Kier molecular flexibility index (Phi) is 14.8. The van der Waals surface area contributed by atoms with E-state index in [4.69, 9.17) is 26.8 Å². The van der Waals surface area contributed by atoms with Gasteiger partial charge < -0.3 is 25.4 Å². The van der Waals surface area contributed by atoms with E-state index < -0.39 is 29.7 Å². The zero-order valence-electron chi connectivity index (χ0n) is 28.9. The van der Waals surface area contributed by atoms with Crippen LogP contribution >= 0.6 is 11.6 Å². The van der Waals surface area contributed by atoms with Crippen LogP contribution in [0.4, 0.5) is 8.78 Å². The predicted octanol–water partition coefficient (Wildman–Crippen LogP) is 7.70. The molecule has 2 unspecified atom stereocenters. The molecule has 0 saturated carbocycles. The molecule has 0 aliphatic carbocycles. The van der Waals surface area contributed by atoms with E-state index in [0.29, 0.717) is 48.8 Å². The lowest BCUT2D eigenvalue weighted by Crippen LogP contribution is -2.46. The number of carbonyl (C=O) groups excluding carboxylic acids is 2. The van der Waals surface area contributed by atoms with Crippen LogP contribution in [-0.2, 0) is 24.2 Å². The minimum atomic E-state index is -0.840. The Morgan fingerprint density at radius 1 is 0.860 bits per heavy atom. The Balaban J connectivity index is 1.41. The molecule has 1 amide bonds. The lowest BCUT2D eigenvalue weighted by atomic mass is 10.0. The van der Waals surface area contributed by atoms with E-state index in [1.54, 1.807) is 23.1 Å². The number of nitrogens with zero attached hydrogens (tertiary/aromatic N) is 1. The zero-order chi connectivity index (χ0) is 36.0. The van der Waals surface area contributed by atoms with E-state index in [2.05, 4.69) is 5.32 Å². The fraction of sp³-hybridized carbons (Fsp3) is 0.350. The van der Waals surface area contributed by atoms with Crippen LogP contribution in [-0.4, -0.2) is 55.1 Å². The van der Waals surface area contributed by atoms with Crippen molar-refractivity contribution in [3.8, 4) is 5.75 Å². The quantitative estimate of drug-likeness (QED) is 0.0815. The number of amides is 1. The second kappa shape index (κ2) is 19.2. The Morgan fingerprint density at radius 2 is 1.54 bits per heavy atom. The average Bonchev–Trinajstić information content (AvgIpc) is 3.08. The highest BCUT2D eigenvalue weighted by Gasteiger charge is 2.25. The summed E-state index contributed by atoms with van der Waals surface area (Å²) in [7, 11) is 0. The molecule has 0 radical (unpaired) electrons. The lowest BCUT2D eigenvalue weighted by molar-refractivity contribution is 0.0239. The van der Waals surface area contributed by atoms with Gasteiger partial charge in [-0.3, -0.25) is 4.79 Å². The molecule has 0 fully saturated rings. The van der Waals surface area contributed by atoms with Crippen molar-refractivity contribution < 1.29 is 27.8 Å². The highest BCUT2D eigenvalue weighted by molar-refractivity contribution is 6.30. The van der Waals surface area contributed by atoms with Gasteiger partial charge >= 0.3 is 5.97 Å². The summed E-state index contributed by atoms with van der Waals surface area (Å²) in [6, 6.07) is 22.7. The van der Waals surface area contributed by atoms with E-state index in [1.807, 2.05) is 69.3 Å². The molecule has 4 rings (SSSR count). The molecule has 0 aromatic heterocycles. The Morgan fingerprint density at radius 3 is 2.20 bits per heavy atom. The first kappa shape index (κ1) is 38.5. The molecule has 3 N–H and O–H groups in total. The molecule has 10 heteroatoms. The van der Waals surface area contributed by atoms with E-state index in [9.17, 15) is 18.4 Å². The third-order valence-corrected chi connectivity index (χ3v) is 8.35. The zero-order valence-corrected chi connectivity index (χ0v) is 29.6. The summed E-state index contributed by atoms with van der Waals surface area (Å²) in [6.07, 6.45) is 1.55. The first-order valence-electron chi connectivity index (χ1n) is 17.0. The van der Waals surface area contributed by atoms with Gasteiger partial charge in [0.15, 0.2) is 0 Å². The van der Waals surface area contributed by atoms with Crippen molar-refractivity contribution in [1.82, 2.24) is 10.2 Å². The molecule has 0 aliphatic rings. The van der Waals surface area contributed by atoms with E-state index in [1.165, 1.54) is 12.1 Å². The standard InChI is InChI=1S/C40H46ClF2N3O4/c1-4-15-46(16-5-2)39(47)31-17-27(3)18-32(23-31)40(48)50-38(37(44)22-30-20-34(42)24-35(43)21-30)25-45-14-13-28-9-11-36(12-10-28)49-26-29-7-6-8-33(41)19-29/h6-12,17-21,23-24,37-38,45H,4-5,13-16,22,25-26,44H2,1-3H3. The number of esters is 1. The first-order chi connectivity index (χ1) is 24.0. The Hall–Kier alpha value is -4.31. The van der Waals surface area contributed by atoms with Crippen LogP contribution in [0, 0.1) is 18.6 Å². The smallest absolute Gasteiger partial charge is 0.338 e. The maximum Gasteiger partial charge on any atom is 0.338 e. The fourth-order valence-electron chi connectivity index (χ4n) is 5.70. The maximum absolute atomic E-state index is 14.0. The molecule has 0 heterocycles. The molecule has 4 aromatic rings. The molecule has 4 aromatic carbocycles. The van der Waals surface area contributed by atoms with Crippen LogP contribution in [0.25, 0.3) is 0 Å². The van der Waals surface area contributed by atoms with Crippen LogP contribution in [0.3, 0.4) is 0 Å². The summed E-state index contributed by atoms with van der Waals surface area (Å²) in [4.78, 5) is 28.7. The highest BCUT2D eigenvalue weighted by Crippen LogP contribution is 2.19. The molecule has 0 bridgehead atoms. The maximum atomic E-state index is 14.0. The molecular formula is C40H46ClF2N3O4. The van der Waals surface area contributed by atoms with Crippen LogP contribution in [0.1, 0.15) is 69.7 Å². The normalized spacial score (nSPS) is 12.3. The first-order valence-corrected chi connectivity index (χ1v) is 17.4. The summed E-state index contributed by atoms with van der Waals surface area (Å²) in [5, 5.41) is 3.98. The summed E-state index contributed by atoms with van der Waals surface area (Å²) >= 11 is 6.06. The van der Waals surface area contributed by atoms with Gasteiger partial charge in [-0.1, -0.05) is 49.7 Å². The molecule has 2 atom stereocenters. The summed E-state index contributed by atoms with van der Waals surface area (Å²) in [5.74, 6) is -1.47. The van der Waals surface area contributed by atoms with Crippen molar-refractivity contribution in [3.05, 3.63) is 135 Å². The van der Waals surface area contributed by atoms with Gasteiger partial charge in [0, 0.05) is 42.3 Å². The van der Waals surface area contributed by atoms with Gasteiger partial charge in [-0.25, -0.2) is 13.6 Å². The molecule has 0 aliphatic heterocycles. The number of benzene rings is 4. The number of hydrogen-bond acceptors (Lipinski definition) is 6. The number of nitrogens with one attached hydrogen (secondary N) is 1. The minimum Gasteiger partial charge on any atom is -0.489 e. The van der Waals surface area contributed by atoms with Crippen molar-refractivity contribution in [2.45, 2.75) is 65.2 Å². The van der Waals surface area contributed by atoms with Gasteiger partial charge in [0.05, 0.1) is 5.56 Å². The van der Waals surface area contributed by atoms with Crippen LogP contribution in [0.5, 0.6) is 5.75 Å². The average molecular weight is 706 g/mol. The van der Waals surface area contributed by atoms with Crippen LogP contribution in [0.15, 0.2) is 84.9 Å². The SMILES string of the molecule is CCCN(CCC)C(=O)c1cc(C)cc(C(=O)OC(CNCCc2ccc(OCc3cccc(Cl)c3)cc2)C(N)Cc2cc(F)cc(F)c2)c1. The Labute approximate surface area is 298 Å². The minimum absolute atomic E-state index is 0.0749. The van der Waals surface area contributed by atoms with Crippen molar-refractivity contribution in [1.29, 1.82) is 0 Å². The second-order valence-corrected chi connectivity index (χ2v) is 12.9. The van der Waals surface area contributed by atoms with Crippen LogP contribution < -0.4 is 15.8 Å². The van der Waals surface area contributed by atoms with Gasteiger partial charge in [-0.2, -0.15) is 0 Å². The molecule has 50 heavy (non-hydrogen) atoms.